The first-order valence-corrected chi connectivity index (χ1v) is 8.67. The standard InChI is InChI=1S/C18H33N5/c1-9-19-16(23-12-17(4,5)18(23,6)7)20-11-10-15-13(2)21-22(8)14(15)3/h9-12H2,1-8H3,(H,19,20). The third kappa shape index (κ3) is 3.10. The van der Waals surface area contributed by atoms with E-state index in [0.29, 0.717) is 5.41 Å². The van der Waals surface area contributed by atoms with Crippen molar-refractivity contribution in [1.82, 2.24) is 20.0 Å². The summed E-state index contributed by atoms with van der Waals surface area (Å²) in [6, 6.07) is 0. The van der Waals surface area contributed by atoms with E-state index in [1.807, 2.05) is 11.7 Å². The smallest absolute Gasteiger partial charge is 0.194 e. The lowest BCUT2D eigenvalue weighted by Crippen LogP contribution is -2.72. The minimum Gasteiger partial charge on any atom is -0.356 e. The van der Waals surface area contributed by atoms with Gasteiger partial charge in [-0.15, -0.1) is 0 Å². The average molecular weight is 319 g/mol. The second-order valence-electron chi connectivity index (χ2n) is 7.79. The van der Waals surface area contributed by atoms with Crippen LogP contribution in [0.2, 0.25) is 0 Å². The van der Waals surface area contributed by atoms with Crippen LogP contribution in [0.3, 0.4) is 0 Å². The van der Waals surface area contributed by atoms with Crippen LogP contribution in [-0.4, -0.2) is 45.8 Å². The van der Waals surface area contributed by atoms with Crippen molar-refractivity contribution >= 4 is 5.96 Å². The Bertz CT molecular complexity index is 595. The fourth-order valence-electron chi connectivity index (χ4n) is 3.25. The number of hydrogen-bond donors (Lipinski definition) is 1. The number of rotatable bonds is 4. The van der Waals surface area contributed by atoms with Gasteiger partial charge in [-0.2, -0.15) is 5.10 Å². The van der Waals surface area contributed by atoms with E-state index < -0.39 is 0 Å². The monoisotopic (exact) mass is 319 g/mol. The molecule has 1 aromatic rings. The van der Waals surface area contributed by atoms with E-state index in [1.165, 1.54) is 11.3 Å². The Balaban J connectivity index is 2.09. The number of guanidine groups is 1. The zero-order chi connectivity index (χ0) is 17.4. The summed E-state index contributed by atoms with van der Waals surface area (Å²) >= 11 is 0. The molecule has 0 bridgehead atoms. The molecule has 0 unspecified atom stereocenters. The topological polar surface area (TPSA) is 45.5 Å². The minimum absolute atomic E-state index is 0.133. The lowest BCUT2D eigenvalue weighted by Gasteiger charge is -2.62. The van der Waals surface area contributed by atoms with Gasteiger partial charge >= 0.3 is 0 Å². The van der Waals surface area contributed by atoms with Gasteiger partial charge in [-0.3, -0.25) is 9.67 Å². The van der Waals surface area contributed by atoms with Crippen molar-refractivity contribution in [1.29, 1.82) is 0 Å². The van der Waals surface area contributed by atoms with Crippen LogP contribution in [0.25, 0.3) is 0 Å². The molecule has 1 N–H and O–H groups in total. The highest BCUT2D eigenvalue weighted by atomic mass is 15.4. The molecule has 130 valence electrons. The Morgan fingerprint density at radius 2 is 1.91 bits per heavy atom. The van der Waals surface area contributed by atoms with Gasteiger partial charge in [0.05, 0.1) is 5.69 Å². The summed E-state index contributed by atoms with van der Waals surface area (Å²) in [7, 11) is 2.00. The first-order chi connectivity index (χ1) is 10.6. The van der Waals surface area contributed by atoms with Crippen molar-refractivity contribution in [3.63, 3.8) is 0 Å². The van der Waals surface area contributed by atoms with E-state index in [4.69, 9.17) is 4.99 Å². The molecule has 2 heterocycles. The molecule has 1 saturated heterocycles. The van der Waals surface area contributed by atoms with E-state index in [-0.39, 0.29) is 5.54 Å². The number of aliphatic imine (C=N–C) groups is 1. The molecule has 23 heavy (non-hydrogen) atoms. The number of nitrogens with one attached hydrogen (secondary N) is 1. The van der Waals surface area contributed by atoms with E-state index in [1.54, 1.807) is 0 Å². The zero-order valence-electron chi connectivity index (χ0n) is 16.1. The van der Waals surface area contributed by atoms with Crippen LogP contribution in [0, 0.1) is 19.3 Å². The first kappa shape index (κ1) is 17.8. The molecule has 1 fully saturated rings. The van der Waals surface area contributed by atoms with Gasteiger partial charge in [-0.25, -0.2) is 0 Å². The normalized spacial score (nSPS) is 19.7. The van der Waals surface area contributed by atoms with Crippen LogP contribution in [0.15, 0.2) is 4.99 Å². The minimum atomic E-state index is 0.133. The van der Waals surface area contributed by atoms with Gasteiger partial charge in [0.15, 0.2) is 5.96 Å². The number of hydrogen-bond acceptors (Lipinski definition) is 2. The van der Waals surface area contributed by atoms with Crippen LogP contribution in [0.1, 0.15) is 51.6 Å². The van der Waals surface area contributed by atoms with Crippen molar-refractivity contribution in [2.75, 3.05) is 19.6 Å². The number of aryl methyl sites for hydroxylation is 2. The zero-order valence-corrected chi connectivity index (χ0v) is 16.1. The fraction of sp³-hybridized carbons (Fsp3) is 0.778. The second kappa shape index (κ2) is 6.17. The third-order valence-corrected chi connectivity index (χ3v) is 5.76. The van der Waals surface area contributed by atoms with Crippen LogP contribution in [-0.2, 0) is 13.5 Å². The van der Waals surface area contributed by atoms with E-state index in [2.05, 4.69) is 63.8 Å². The van der Waals surface area contributed by atoms with E-state index in [9.17, 15) is 0 Å². The van der Waals surface area contributed by atoms with Crippen molar-refractivity contribution in [2.45, 2.75) is 60.4 Å². The van der Waals surface area contributed by atoms with Crippen LogP contribution in [0.4, 0.5) is 0 Å². The quantitative estimate of drug-likeness (QED) is 0.685. The summed E-state index contributed by atoms with van der Waals surface area (Å²) < 4.78 is 1.96. The van der Waals surface area contributed by atoms with Gasteiger partial charge in [0.25, 0.3) is 0 Å². The molecule has 0 radical (unpaired) electrons. The maximum atomic E-state index is 4.88. The number of likely N-dealkylation sites (tertiary alicyclic amines) is 1. The highest BCUT2D eigenvalue weighted by Crippen LogP contribution is 2.46. The highest BCUT2D eigenvalue weighted by molar-refractivity contribution is 5.82. The molecule has 1 aliphatic heterocycles. The summed E-state index contributed by atoms with van der Waals surface area (Å²) in [4.78, 5) is 7.28. The van der Waals surface area contributed by atoms with Crippen molar-refractivity contribution < 1.29 is 0 Å². The Kier molecular flexibility index (Phi) is 4.79. The molecule has 1 aliphatic rings. The lowest BCUT2D eigenvalue weighted by molar-refractivity contribution is -0.0667. The maximum absolute atomic E-state index is 4.88. The van der Waals surface area contributed by atoms with Gasteiger partial charge in [0, 0.05) is 43.3 Å². The Hall–Kier alpha value is -1.52. The van der Waals surface area contributed by atoms with Gasteiger partial charge < -0.3 is 10.2 Å². The maximum Gasteiger partial charge on any atom is 0.194 e. The summed E-state index contributed by atoms with van der Waals surface area (Å²) in [5.74, 6) is 1.04. The van der Waals surface area contributed by atoms with Gasteiger partial charge in [-0.05, 0) is 46.6 Å². The predicted molar refractivity (Wildman–Crippen MR) is 96.9 cm³/mol. The molecule has 0 amide bonds. The summed E-state index contributed by atoms with van der Waals surface area (Å²) in [6.07, 6.45) is 0.943. The summed E-state index contributed by atoms with van der Waals surface area (Å²) in [6.45, 7) is 18.4. The van der Waals surface area contributed by atoms with Crippen LogP contribution >= 0.6 is 0 Å². The molecule has 2 rings (SSSR count). The van der Waals surface area contributed by atoms with E-state index in [0.717, 1.165) is 37.7 Å². The molecule has 0 atom stereocenters. The molecule has 0 aromatic carbocycles. The van der Waals surface area contributed by atoms with Gasteiger partial charge in [-0.1, -0.05) is 13.8 Å². The molecule has 0 spiro atoms. The SMILES string of the molecule is CCNC(=NCCc1c(C)nn(C)c1C)N1CC(C)(C)C1(C)C. The first-order valence-electron chi connectivity index (χ1n) is 8.67. The number of nitrogens with zero attached hydrogens (tertiary/aromatic N) is 4. The van der Waals surface area contributed by atoms with Crippen LogP contribution in [0.5, 0.6) is 0 Å². The molecular formula is C18H33N5. The highest BCUT2D eigenvalue weighted by Gasteiger charge is 2.53. The average Bonchev–Trinajstić information content (AvgIpc) is 2.70. The second-order valence-corrected chi connectivity index (χ2v) is 7.79. The third-order valence-electron chi connectivity index (χ3n) is 5.76. The molecule has 0 saturated carbocycles. The Morgan fingerprint density at radius 1 is 1.26 bits per heavy atom. The van der Waals surface area contributed by atoms with Crippen LogP contribution < -0.4 is 5.32 Å². The Labute approximate surface area is 141 Å². The van der Waals surface area contributed by atoms with Gasteiger partial charge in [0.1, 0.15) is 0 Å². The van der Waals surface area contributed by atoms with Crippen molar-refractivity contribution in [2.24, 2.45) is 17.5 Å². The summed E-state index contributed by atoms with van der Waals surface area (Å²) in [5, 5.41) is 7.95. The Morgan fingerprint density at radius 3 is 2.35 bits per heavy atom. The molecule has 0 aliphatic carbocycles. The fourth-order valence-corrected chi connectivity index (χ4v) is 3.25. The molecular weight excluding hydrogens is 286 g/mol. The van der Waals surface area contributed by atoms with Crippen molar-refractivity contribution in [3.8, 4) is 0 Å². The molecule has 1 aromatic heterocycles. The predicted octanol–water partition coefficient (Wildman–Crippen LogP) is 2.67. The lowest BCUT2D eigenvalue weighted by atomic mass is 9.65. The number of aromatic nitrogens is 2. The molecule has 5 nitrogen and oxygen atoms in total. The van der Waals surface area contributed by atoms with Gasteiger partial charge in [0.2, 0.25) is 0 Å². The largest absolute Gasteiger partial charge is 0.356 e. The van der Waals surface area contributed by atoms with E-state index >= 15 is 0 Å². The van der Waals surface area contributed by atoms with Crippen molar-refractivity contribution in [3.05, 3.63) is 17.0 Å². The molecule has 5 heteroatoms. The summed E-state index contributed by atoms with van der Waals surface area (Å²) in [5.41, 5.74) is 4.15.